The Kier molecular flexibility index (Phi) is 2.99. The fourth-order valence-electron chi connectivity index (χ4n) is 1.63. The highest BCUT2D eigenvalue weighted by molar-refractivity contribution is 5.89. The number of fused-ring (bicyclic) bond motifs is 1. The van der Waals surface area contributed by atoms with Gasteiger partial charge in [0.25, 0.3) is 0 Å². The highest BCUT2D eigenvalue weighted by atomic mass is 19.1. The van der Waals surface area contributed by atoms with Crippen LogP contribution in [0, 0.1) is 5.82 Å². The van der Waals surface area contributed by atoms with E-state index in [4.69, 9.17) is 14.6 Å². The summed E-state index contributed by atoms with van der Waals surface area (Å²) in [6.45, 7) is 2.32. The second-order valence-electron chi connectivity index (χ2n) is 3.64. The molecular formula is C12H11FO4. The first-order chi connectivity index (χ1) is 8.08. The number of rotatable bonds is 2. The Labute approximate surface area is 97.3 Å². The van der Waals surface area contributed by atoms with Gasteiger partial charge in [0.05, 0.1) is 0 Å². The van der Waals surface area contributed by atoms with Crippen molar-refractivity contribution in [3.8, 4) is 11.5 Å². The number of hydrogen-bond donors (Lipinski definition) is 1. The van der Waals surface area contributed by atoms with Crippen LogP contribution in [0.4, 0.5) is 4.39 Å². The summed E-state index contributed by atoms with van der Waals surface area (Å²) in [5.41, 5.74) is 0.531. The third-order valence-corrected chi connectivity index (χ3v) is 2.40. The van der Waals surface area contributed by atoms with E-state index >= 15 is 0 Å². The van der Waals surface area contributed by atoms with Crippen LogP contribution in [0.3, 0.4) is 0 Å². The van der Waals surface area contributed by atoms with Gasteiger partial charge in [0.15, 0.2) is 11.5 Å². The van der Waals surface area contributed by atoms with Crippen molar-refractivity contribution in [3.63, 3.8) is 0 Å². The number of benzene rings is 1. The maximum absolute atomic E-state index is 13.7. The van der Waals surface area contributed by atoms with Gasteiger partial charge in [-0.05, 0) is 18.6 Å². The van der Waals surface area contributed by atoms with Gasteiger partial charge in [-0.3, -0.25) is 0 Å². The minimum Gasteiger partial charge on any atom is -0.486 e. The minimum atomic E-state index is -1.11. The quantitative estimate of drug-likeness (QED) is 0.801. The van der Waals surface area contributed by atoms with Gasteiger partial charge in [-0.2, -0.15) is 0 Å². The van der Waals surface area contributed by atoms with Crippen LogP contribution in [0.25, 0.3) is 5.57 Å². The summed E-state index contributed by atoms with van der Waals surface area (Å²) >= 11 is 0. The Morgan fingerprint density at radius 2 is 1.94 bits per heavy atom. The first kappa shape index (κ1) is 11.4. The second-order valence-corrected chi connectivity index (χ2v) is 3.64. The third kappa shape index (κ3) is 2.38. The van der Waals surface area contributed by atoms with Crippen LogP contribution in [-0.2, 0) is 4.79 Å². The molecule has 0 bridgehead atoms. The van der Waals surface area contributed by atoms with Gasteiger partial charge >= 0.3 is 5.97 Å². The largest absolute Gasteiger partial charge is 0.486 e. The van der Waals surface area contributed by atoms with Crippen molar-refractivity contribution >= 4 is 11.5 Å². The number of carboxylic acids is 1. The topological polar surface area (TPSA) is 55.8 Å². The number of ether oxygens (including phenoxy) is 2. The van der Waals surface area contributed by atoms with E-state index < -0.39 is 11.8 Å². The maximum Gasteiger partial charge on any atom is 0.328 e. The molecule has 0 aromatic heterocycles. The standard InChI is InChI=1S/C12H11FO4/c1-7(4-12(14)15)8-5-10-11(6-9(8)13)17-3-2-16-10/h4-6H,2-3H2,1H3,(H,14,15)/b7-4+. The Hall–Kier alpha value is -2.04. The number of aliphatic carboxylic acids is 1. The zero-order valence-electron chi connectivity index (χ0n) is 9.20. The molecule has 1 aromatic rings. The van der Waals surface area contributed by atoms with Crippen molar-refractivity contribution in [2.24, 2.45) is 0 Å². The molecule has 0 unspecified atom stereocenters. The molecule has 90 valence electrons. The smallest absolute Gasteiger partial charge is 0.328 e. The molecule has 1 aliphatic rings. The summed E-state index contributed by atoms with van der Waals surface area (Å²) in [6, 6.07) is 2.67. The molecule has 0 radical (unpaired) electrons. The number of carbonyl (C=O) groups is 1. The van der Waals surface area contributed by atoms with E-state index in [1.54, 1.807) is 0 Å². The van der Waals surface area contributed by atoms with Gasteiger partial charge in [-0.25, -0.2) is 9.18 Å². The lowest BCUT2D eigenvalue weighted by atomic mass is 10.1. The molecule has 5 heteroatoms. The summed E-state index contributed by atoms with van der Waals surface area (Å²) in [5, 5.41) is 8.62. The fourth-order valence-corrected chi connectivity index (χ4v) is 1.63. The molecule has 0 fully saturated rings. The normalized spacial score (nSPS) is 14.6. The van der Waals surface area contributed by atoms with Gasteiger partial charge in [-0.1, -0.05) is 0 Å². The van der Waals surface area contributed by atoms with Gasteiger partial charge in [0.2, 0.25) is 0 Å². The minimum absolute atomic E-state index is 0.205. The highest BCUT2D eigenvalue weighted by Gasteiger charge is 2.16. The maximum atomic E-state index is 13.7. The Morgan fingerprint density at radius 3 is 2.53 bits per heavy atom. The zero-order valence-corrected chi connectivity index (χ0v) is 9.20. The zero-order chi connectivity index (χ0) is 12.4. The molecule has 4 nitrogen and oxygen atoms in total. The number of halogens is 1. The second kappa shape index (κ2) is 4.45. The van der Waals surface area contributed by atoms with E-state index in [1.165, 1.54) is 19.1 Å². The monoisotopic (exact) mass is 238 g/mol. The summed E-state index contributed by atoms with van der Waals surface area (Å²) in [6.07, 6.45) is 0.953. The molecule has 1 N–H and O–H groups in total. The van der Waals surface area contributed by atoms with Gasteiger partial charge < -0.3 is 14.6 Å². The van der Waals surface area contributed by atoms with Gasteiger partial charge in [0, 0.05) is 17.7 Å². The summed E-state index contributed by atoms with van der Waals surface area (Å²) in [4.78, 5) is 10.5. The molecule has 0 atom stereocenters. The molecule has 0 spiro atoms. The summed E-state index contributed by atoms with van der Waals surface area (Å²) < 4.78 is 24.2. The lowest BCUT2D eigenvalue weighted by molar-refractivity contribution is -0.131. The first-order valence-corrected chi connectivity index (χ1v) is 5.08. The molecule has 0 amide bonds. The lowest BCUT2D eigenvalue weighted by Crippen LogP contribution is -2.15. The molecule has 1 aliphatic heterocycles. The van der Waals surface area contributed by atoms with Gasteiger partial charge in [0.1, 0.15) is 19.0 Å². The molecule has 2 rings (SSSR count). The van der Waals surface area contributed by atoms with Crippen LogP contribution < -0.4 is 9.47 Å². The lowest BCUT2D eigenvalue weighted by Gasteiger charge is -2.19. The van der Waals surface area contributed by atoms with E-state index in [9.17, 15) is 9.18 Å². The molecular weight excluding hydrogens is 227 g/mol. The molecule has 1 aromatic carbocycles. The van der Waals surface area contributed by atoms with Crippen LogP contribution in [0.5, 0.6) is 11.5 Å². The Bertz CT molecular complexity index is 494. The number of carboxylic acid groups (broad SMARTS) is 1. The van der Waals surface area contributed by atoms with E-state index in [0.717, 1.165) is 6.08 Å². The Morgan fingerprint density at radius 1 is 1.35 bits per heavy atom. The van der Waals surface area contributed by atoms with E-state index in [1.807, 2.05) is 0 Å². The predicted molar refractivity (Wildman–Crippen MR) is 58.7 cm³/mol. The fraction of sp³-hybridized carbons (Fsp3) is 0.250. The van der Waals surface area contributed by atoms with Crippen molar-refractivity contribution < 1.29 is 23.8 Å². The summed E-state index contributed by atoms with van der Waals surface area (Å²) in [7, 11) is 0. The number of hydrogen-bond acceptors (Lipinski definition) is 3. The molecule has 0 saturated heterocycles. The van der Waals surface area contributed by atoms with E-state index in [2.05, 4.69) is 0 Å². The predicted octanol–water partition coefficient (Wildman–Crippen LogP) is 2.08. The van der Waals surface area contributed by atoms with Gasteiger partial charge in [-0.15, -0.1) is 0 Å². The van der Waals surface area contributed by atoms with Crippen molar-refractivity contribution in [2.75, 3.05) is 13.2 Å². The Balaban J connectivity index is 2.45. The van der Waals surface area contributed by atoms with Crippen LogP contribution >= 0.6 is 0 Å². The average molecular weight is 238 g/mol. The molecule has 17 heavy (non-hydrogen) atoms. The van der Waals surface area contributed by atoms with E-state index in [-0.39, 0.29) is 5.56 Å². The van der Waals surface area contributed by atoms with Crippen LogP contribution in [-0.4, -0.2) is 24.3 Å². The third-order valence-electron chi connectivity index (χ3n) is 2.40. The molecule has 1 heterocycles. The number of allylic oxidation sites excluding steroid dienone is 1. The van der Waals surface area contributed by atoms with E-state index in [0.29, 0.717) is 30.3 Å². The van der Waals surface area contributed by atoms with Crippen LogP contribution in [0.15, 0.2) is 18.2 Å². The van der Waals surface area contributed by atoms with Crippen molar-refractivity contribution in [1.82, 2.24) is 0 Å². The SMILES string of the molecule is C/C(=C\C(=O)O)c1cc2c(cc1F)OCCO2. The molecule has 0 saturated carbocycles. The van der Waals surface area contributed by atoms with Crippen molar-refractivity contribution in [2.45, 2.75) is 6.92 Å². The molecule has 0 aliphatic carbocycles. The van der Waals surface area contributed by atoms with Crippen LogP contribution in [0.2, 0.25) is 0 Å². The highest BCUT2D eigenvalue weighted by Crippen LogP contribution is 2.34. The summed E-state index contributed by atoms with van der Waals surface area (Å²) in [5.74, 6) is -0.854. The van der Waals surface area contributed by atoms with Crippen LogP contribution in [0.1, 0.15) is 12.5 Å². The average Bonchev–Trinajstić information content (AvgIpc) is 2.27. The van der Waals surface area contributed by atoms with Crippen molar-refractivity contribution in [1.29, 1.82) is 0 Å². The van der Waals surface area contributed by atoms with Crippen molar-refractivity contribution in [3.05, 3.63) is 29.6 Å². The first-order valence-electron chi connectivity index (χ1n) is 5.08.